The van der Waals surface area contributed by atoms with Crippen molar-refractivity contribution in [1.29, 1.82) is 0 Å². The van der Waals surface area contributed by atoms with Crippen molar-refractivity contribution in [3.05, 3.63) is 46.6 Å². The molecule has 0 N–H and O–H groups in total. The molecule has 1 saturated carbocycles. The molecule has 0 amide bonds. The van der Waals surface area contributed by atoms with E-state index < -0.39 is 0 Å². The third-order valence-corrected chi connectivity index (χ3v) is 7.40. The number of hydrogen-bond acceptors (Lipinski definition) is 5. The lowest BCUT2D eigenvalue weighted by atomic mass is 9.76. The highest BCUT2D eigenvalue weighted by molar-refractivity contribution is 6.30. The monoisotopic (exact) mass is 400 g/mol. The molecule has 2 aromatic rings. The van der Waals surface area contributed by atoms with Crippen molar-refractivity contribution in [2.24, 2.45) is 5.41 Å². The van der Waals surface area contributed by atoms with Gasteiger partial charge in [0.1, 0.15) is 0 Å². The van der Waals surface area contributed by atoms with E-state index >= 15 is 0 Å². The lowest BCUT2D eigenvalue weighted by Crippen LogP contribution is -2.40. The molecule has 1 aliphatic carbocycles. The maximum Gasteiger partial charge on any atom is 0.229 e. The molecule has 1 aromatic heterocycles. The Morgan fingerprint density at radius 3 is 2.79 bits per heavy atom. The number of rotatable bonds is 4. The first-order chi connectivity index (χ1) is 13.6. The molecule has 3 heterocycles. The molecule has 2 aliphatic heterocycles. The minimum Gasteiger partial charge on any atom is -0.339 e. The third kappa shape index (κ3) is 3.60. The first kappa shape index (κ1) is 18.6. The van der Waals surface area contributed by atoms with Crippen molar-refractivity contribution in [3.8, 4) is 0 Å². The van der Waals surface area contributed by atoms with Gasteiger partial charge in [0.25, 0.3) is 0 Å². The Balaban J connectivity index is 1.21. The number of likely N-dealkylation sites (tertiary alicyclic amines) is 2. The van der Waals surface area contributed by atoms with Crippen LogP contribution in [-0.2, 0) is 6.54 Å². The molecule has 5 nitrogen and oxygen atoms in total. The molecule has 5 rings (SSSR count). The number of nitrogens with zero attached hydrogens (tertiary/aromatic N) is 4. The Hall–Kier alpha value is -1.43. The maximum absolute atomic E-state index is 6.14. The molecule has 28 heavy (non-hydrogen) atoms. The van der Waals surface area contributed by atoms with Crippen LogP contribution < -0.4 is 0 Å². The van der Waals surface area contributed by atoms with E-state index in [-0.39, 0.29) is 0 Å². The summed E-state index contributed by atoms with van der Waals surface area (Å²) in [5.41, 5.74) is 1.70. The zero-order chi connectivity index (χ0) is 19.1. The van der Waals surface area contributed by atoms with Crippen molar-refractivity contribution >= 4 is 11.6 Å². The van der Waals surface area contributed by atoms with Gasteiger partial charge < -0.3 is 4.52 Å². The lowest BCUT2D eigenvalue weighted by molar-refractivity contribution is 0.105. The highest BCUT2D eigenvalue weighted by Gasteiger charge is 2.46. The predicted molar refractivity (Wildman–Crippen MR) is 109 cm³/mol. The summed E-state index contributed by atoms with van der Waals surface area (Å²) in [4.78, 5) is 9.79. The third-order valence-electron chi connectivity index (χ3n) is 7.17. The molecular formula is C22H29ClN4O. The first-order valence-electron chi connectivity index (χ1n) is 10.6. The van der Waals surface area contributed by atoms with E-state index in [0.717, 1.165) is 49.3 Å². The van der Waals surface area contributed by atoms with E-state index in [2.05, 4.69) is 34.1 Å². The summed E-state index contributed by atoms with van der Waals surface area (Å²) in [5.74, 6) is 2.28. The van der Waals surface area contributed by atoms with Crippen LogP contribution in [0.4, 0.5) is 0 Å². The first-order valence-corrected chi connectivity index (χ1v) is 11.0. The minimum absolute atomic E-state index is 0.303. The normalized spacial score (nSPS) is 26.0. The number of piperidine rings is 1. The van der Waals surface area contributed by atoms with Crippen LogP contribution >= 0.6 is 11.6 Å². The van der Waals surface area contributed by atoms with Crippen LogP contribution in [0.3, 0.4) is 0 Å². The van der Waals surface area contributed by atoms with Gasteiger partial charge in [-0.25, -0.2) is 0 Å². The Labute approximate surface area is 172 Å². The van der Waals surface area contributed by atoms with Crippen molar-refractivity contribution < 1.29 is 4.52 Å². The van der Waals surface area contributed by atoms with E-state index in [0.29, 0.717) is 17.4 Å². The number of aromatic nitrogens is 2. The minimum atomic E-state index is 0.303. The van der Waals surface area contributed by atoms with Gasteiger partial charge in [-0.15, -0.1) is 0 Å². The van der Waals surface area contributed by atoms with Crippen LogP contribution in [0.15, 0.2) is 28.8 Å². The molecule has 2 saturated heterocycles. The fourth-order valence-electron chi connectivity index (χ4n) is 5.20. The molecule has 0 radical (unpaired) electrons. The molecule has 1 atom stereocenters. The quantitative estimate of drug-likeness (QED) is 0.747. The predicted octanol–water partition coefficient (Wildman–Crippen LogP) is 4.65. The van der Waals surface area contributed by atoms with Crippen LogP contribution in [-0.4, -0.2) is 46.6 Å². The van der Waals surface area contributed by atoms with Gasteiger partial charge in [-0.1, -0.05) is 35.3 Å². The lowest BCUT2D eigenvalue weighted by Gasteiger charge is -2.39. The van der Waals surface area contributed by atoms with E-state index in [4.69, 9.17) is 21.1 Å². The summed E-state index contributed by atoms with van der Waals surface area (Å²) in [6.07, 6.45) is 7.32. The summed E-state index contributed by atoms with van der Waals surface area (Å²) >= 11 is 6.14. The topological polar surface area (TPSA) is 45.4 Å². The van der Waals surface area contributed by atoms with Crippen molar-refractivity contribution in [2.75, 3.05) is 26.7 Å². The van der Waals surface area contributed by atoms with Gasteiger partial charge in [0, 0.05) is 24.0 Å². The second-order valence-electron chi connectivity index (χ2n) is 9.16. The van der Waals surface area contributed by atoms with Gasteiger partial charge >= 0.3 is 0 Å². The molecule has 1 spiro atoms. The van der Waals surface area contributed by atoms with Crippen LogP contribution in [0.25, 0.3) is 0 Å². The van der Waals surface area contributed by atoms with E-state index in [1.807, 2.05) is 12.1 Å². The number of benzene rings is 1. The highest BCUT2D eigenvalue weighted by Crippen LogP contribution is 2.48. The Kier molecular flexibility index (Phi) is 4.93. The fourth-order valence-corrected chi connectivity index (χ4v) is 5.42. The van der Waals surface area contributed by atoms with Gasteiger partial charge in [-0.05, 0) is 75.4 Å². The number of hydrogen-bond donors (Lipinski definition) is 0. The van der Waals surface area contributed by atoms with Crippen molar-refractivity contribution in [3.63, 3.8) is 0 Å². The summed E-state index contributed by atoms with van der Waals surface area (Å²) in [6, 6.07) is 8.55. The Morgan fingerprint density at radius 1 is 1.25 bits per heavy atom. The summed E-state index contributed by atoms with van der Waals surface area (Å²) in [7, 11) is 2.22. The van der Waals surface area contributed by atoms with E-state index in [9.17, 15) is 0 Å². The molecule has 6 heteroatoms. The summed E-state index contributed by atoms with van der Waals surface area (Å²) in [5, 5.41) is 5.18. The van der Waals surface area contributed by atoms with E-state index in [1.165, 1.54) is 37.7 Å². The molecule has 3 fully saturated rings. The summed E-state index contributed by atoms with van der Waals surface area (Å²) in [6.45, 7) is 4.42. The van der Waals surface area contributed by atoms with Crippen LogP contribution in [0.1, 0.15) is 67.8 Å². The molecule has 1 aromatic carbocycles. The van der Waals surface area contributed by atoms with Gasteiger partial charge in [0.2, 0.25) is 5.89 Å². The standard InChI is InChI=1S/C22H29ClN4O/c1-26-15-22(13-19(26)20-24-21(28-25-20)17-5-3-6-17)8-10-27(11-9-22)14-16-4-2-7-18(23)12-16/h2,4,7,12,17,19H,3,5-6,8-11,13-15H2,1H3. The van der Waals surface area contributed by atoms with Crippen LogP contribution in [0.5, 0.6) is 0 Å². The molecule has 1 unspecified atom stereocenters. The Bertz CT molecular complexity index is 825. The smallest absolute Gasteiger partial charge is 0.229 e. The zero-order valence-electron chi connectivity index (χ0n) is 16.6. The molecular weight excluding hydrogens is 372 g/mol. The van der Waals surface area contributed by atoms with E-state index in [1.54, 1.807) is 0 Å². The Morgan fingerprint density at radius 2 is 2.07 bits per heavy atom. The zero-order valence-corrected chi connectivity index (χ0v) is 17.4. The molecule has 0 bridgehead atoms. The molecule has 150 valence electrons. The second kappa shape index (κ2) is 7.43. The maximum atomic E-state index is 6.14. The van der Waals surface area contributed by atoms with Crippen molar-refractivity contribution in [1.82, 2.24) is 19.9 Å². The van der Waals surface area contributed by atoms with Gasteiger partial charge in [0.05, 0.1) is 6.04 Å². The largest absolute Gasteiger partial charge is 0.339 e. The van der Waals surface area contributed by atoms with Crippen LogP contribution in [0, 0.1) is 5.41 Å². The fraction of sp³-hybridized carbons (Fsp3) is 0.636. The van der Waals surface area contributed by atoms with Gasteiger partial charge in [-0.2, -0.15) is 4.98 Å². The SMILES string of the molecule is CN1CC2(CCN(Cc3cccc(Cl)c3)CC2)CC1c1noc(C2CCC2)n1. The van der Waals surface area contributed by atoms with Crippen LogP contribution in [0.2, 0.25) is 5.02 Å². The summed E-state index contributed by atoms with van der Waals surface area (Å²) < 4.78 is 5.59. The number of halogens is 1. The van der Waals surface area contributed by atoms with Crippen molar-refractivity contribution in [2.45, 2.75) is 57.0 Å². The second-order valence-corrected chi connectivity index (χ2v) is 9.60. The average Bonchev–Trinajstić information content (AvgIpc) is 3.21. The van der Waals surface area contributed by atoms with Gasteiger partial charge in [-0.3, -0.25) is 9.80 Å². The highest BCUT2D eigenvalue weighted by atomic mass is 35.5. The molecule has 3 aliphatic rings. The average molecular weight is 401 g/mol. The van der Waals surface area contributed by atoms with Gasteiger partial charge in [0.15, 0.2) is 5.82 Å².